The molecule has 100 valence electrons. The van der Waals surface area contributed by atoms with Crippen LogP contribution in [0.4, 0.5) is 0 Å². The van der Waals surface area contributed by atoms with E-state index in [2.05, 4.69) is 10.3 Å². The van der Waals surface area contributed by atoms with E-state index in [0.717, 1.165) is 16.6 Å². The fraction of sp³-hybridized carbons (Fsp3) is 0.286. The minimum Gasteiger partial charge on any atom is -0.481 e. The maximum atomic E-state index is 12.2. The van der Waals surface area contributed by atoms with Crippen molar-refractivity contribution in [3.63, 3.8) is 0 Å². The first-order valence-corrected chi connectivity index (χ1v) is 6.12. The minimum absolute atomic E-state index is 0.0140. The van der Waals surface area contributed by atoms with E-state index in [1.807, 2.05) is 31.2 Å². The van der Waals surface area contributed by atoms with Gasteiger partial charge in [0.1, 0.15) is 0 Å². The molecule has 1 heterocycles. The van der Waals surface area contributed by atoms with Crippen LogP contribution in [0, 0.1) is 6.92 Å². The molecule has 0 unspecified atom stereocenters. The van der Waals surface area contributed by atoms with Crippen LogP contribution < -0.4 is 5.32 Å². The zero-order chi connectivity index (χ0) is 13.8. The number of hydrogen-bond acceptors (Lipinski definition) is 3. The lowest BCUT2D eigenvalue weighted by Gasteiger charge is -2.03. The van der Waals surface area contributed by atoms with E-state index in [4.69, 9.17) is 5.11 Å². The summed E-state index contributed by atoms with van der Waals surface area (Å²) >= 11 is 0. The Kier molecular flexibility index (Phi) is 3.97. The number of ketones is 1. The summed E-state index contributed by atoms with van der Waals surface area (Å²) in [6.45, 7) is 2.31. The van der Waals surface area contributed by atoms with Crippen molar-refractivity contribution in [1.29, 1.82) is 0 Å². The number of nitrogens with one attached hydrogen (secondary N) is 2. The molecular weight excluding hydrogens is 244 g/mol. The van der Waals surface area contributed by atoms with Crippen LogP contribution in [-0.4, -0.2) is 34.9 Å². The summed E-state index contributed by atoms with van der Waals surface area (Å²) in [4.78, 5) is 25.7. The molecule has 5 heteroatoms. The summed E-state index contributed by atoms with van der Waals surface area (Å²) in [5.41, 5.74) is 2.46. The van der Waals surface area contributed by atoms with Gasteiger partial charge in [0.25, 0.3) is 0 Å². The third-order valence-electron chi connectivity index (χ3n) is 2.97. The summed E-state index contributed by atoms with van der Waals surface area (Å²) in [5, 5.41) is 12.3. The van der Waals surface area contributed by atoms with Gasteiger partial charge in [0.15, 0.2) is 5.78 Å². The molecule has 0 aliphatic rings. The zero-order valence-electron chi connectivity index (χ0n) is 10.7. The highest BCUT2D eigenvalue weighted by Crippen LogP contribution is 2.21. The monoisotopic (exact) mass is 260 g/mol. The quantitative estimate of drug-likeness (QED) is 0.545. The topological polar surface area (TPSA) is 82.2 Å². The van der Waals surface area contributed by atoms with Gasteiger partial charge in [0.05, 0.1) is 13.0 Å². The Hall–Kier alpha value is -2.14. The number of aromatic nitrogens is 1. The van der Waals surface area contributed by atoms with Crippen molar-refractivity contribution >= 4 is 22.7 Å². The second-order valence-electron chi connectivity index (χ2n) is 4.41. The molecule has 0 radical (unpaired) electrons. The van der Waals surface area contributed by atoms with Crippen molar-refractivity contribution in [1.82, 2.24) is 10.3 Å². The maximum Gasteiger partial charge on any atom is 0.304 e. The Balaban J connectivity index is 2.09. The van der Waals surface area contributed by atoms with Gasteiger partial charge >= 0.3 is 5.97 Å². The van der Waals surface area contributed by atoms with Crippen LogP contribution in [-0.2, 0) is 4.79 Å². The highest BCUT2D eigenvalue weighted by molar-refractivity contribution is 6.10. The number of H-pyrrole nitrogens is 1. The molecule has 0 aliphatic heterocycles. The Morgan fingerprint density at radius 1 is 1.32 bits per heavy atom. The number of carbonyl (C=O) groups is 2. The summed E-state index contributed by atoms with van der Waals surface area (Å²) < 4.78 is 0. The number of aryl methyl sites for hydroxylation is 1. The van der Waals surface area contributed by atoms with E-state index >= 15 is 0 Å². The average Bonchev–Trinajstić information content (AvgIpc) is 2.70. The number of para-hydroxylation sites is 1. The molecule has 0 atom stereocenters. The molecule has 0 aliphatic carbocycles. The average molecular weight is 260 g/mol. The van der Waals surface area contributed by atoms with Crippen molar-refractivity contribution < 1.29 is 14.7 Å². The smallest absolute Gasteiger partial charge is 0.304 e. The lowest BCUT2D eigenvalue weighted by molar-refractivity contribution is -0.136. The highest BCUT2D eigenvalue weighted by atomic mass is 16.4. The number of benzene rings is 1. The van der Waals surface area contributed by atoms with Crippen LogP contribution in [0.5, 0.6) is 0 Å². The van der Waals surface area contributed by atoms with E-state index in [1.54, 1.807) is 0 Å². The van der Waals surface area contributed by atoms with Crippen molar-refractivity contribution in [2.24, 2.45) is 0 Å². The highest BCUT2D eigenvalue weighted by Gasteiger charge is 2.15. The standard InChI is InChI=1S/C14H16N2O3/c1-9-14(10-4-2-3-5-11(10)16-9)12(17)8-15-7-6-13(18)19/h2-5,15-16H,6-8H2,1H3,(H,18,19). The molecule has 0 spiro atoms. The number of carboxylic acid groups (broad SMARTS) is 1. The second kappa shape index (κ2) is 5.67. The van der Waals surface area contributed by atoms with Crippen LogP contribution in [0.1, 0.15) is 22.5 Å². The first kappa shape index (κ1) is 13.3. The molecule has 0 saturated heterocycles. The Bertz CT molecular complexity index is 616. The molecule has 0 bridgehead atoms. The van der Waals surface area contributed by atoms with E-state index < -0.39 is 5.97 Å². The van der Waals surface area contributed by atoms with Gasteiger partial charge in [-0.25, -0.2) is 0 Å². The fourth-order valence-electron chi connectivity index (χ4n) is 2.12. The summed E-state index contributed by atoms with van der Waals surface area (Å²) in [6, 6.07) is 7.64. The molecule has 2 aromatic rings. The van der Waals surface area contributed by atoms with Crippen molar-refractivity contribution in [3.05, 3.63) is 35.5 Å². The lowest BCUT2D eigenvalue weighted by atomic mass is 10.1. The van der Waals surface area contributed by atoms with Gasteiger partial charge < -0.3 is 15.4 Å². The number of Topliss-reactive ketones (excluding diaryl/α,β-unsaturated/α-hetero) is 1. The Labute approximate surface area is 110 Å². The summed E-state index contributed by atoms with van der Waals surface area (Å²) in [6.07, 6.45) is 0.0140. The molecule has 5 nitrogen and oxygen atoms in total. The molecule has 19 heavy (non-hydrogen) atoms. The second-order valence-corrected chi connectivity index (χ2v) is 4.41. The molecule has 3 N–H and O–H groups in total. The van der Waals surface area contributed by atoms with Crippen molar-refractivity contribution in [2.45, 2.75) is 13.3 Å². The molecule has 1 aromatic carbocycles. The van der Waals surface area contributed by atoms with Gasteiger partial charge in [-0.05, 0) is 13.0 Å². The summed E-state index contributed by atoms with van der Waals surface area (Å²) in [7, 11) is 0. The van der Waals surface area contributed by atoms with Crippen LogP contribution in [0.2, 0.25) is 0 Å². The predicted octanol–water partition coefficient (Wildman–Crippen LogP) is 1.72. The van der Waals surface area contributed by atoms with Gasteiger partial charge in [0, 0.05) is 28.7 Å². The molecule has 0 saturated carbocycles. The number of carboxylic acids is 1. The Morgan fingerprint density at radius 2 is 2.05 bits per heavy atom. The summed E-state index contributed by atoms with van der Waals surface area (Å²) in [5.74, 6) is -0.899. The molecule has 1 aromatic heterocycles. The van der Waals surface area contributed by atoms with Gasteiger partial charge in [-0.15, -0.1) is 0 Å². The van der Waals surface area contributed by atoms with Gasteiger partial charge in [-0.3, -0.25) is 9.59 Å². The molecule has 0 amide bonds. The molecule has 2 rings (SSSR count). The van der Waals surface area contributed by atoms with Crippen LogP contribution >= 0.6 is 0 Å². The first-order valence-electron chi connectivity index (χ1n) is 6.12. The maximum absolute atomic E-state index is 12.2. The SMILES string of the molecule is Cc1[nH]c2ccccc2c1C(=O)CNCCC(=O)O. The predicted molar refractivity (Wildman–Crippen MR) is 72.5 cm³/mol. The minimum atomic E-state index is -0.872. The van der Waals surface area contributed by atoms with E-state index in [9.17, 15) is 9.59 Å². The Morgan fingerprint density at radius 3 is 2.79 bits per heavy atom. The normalized spacial score (nSPS) is 10.8. The molecule has 0 fully saturated rings. The van der Waals surface area contributed by atoms with Crippen LogP contribution in [0.15, 0.2) is 24.3 Å². The largest absolute Gasteiger partial charge is 0.481 e. The number of aliphatic carboxylic acids is 1. The zero-order valence-corrected chi connectivity index (χ0v) is 10.7. The van der Waals surface area contributed by atoms with Gasteiger partial charge in [-0.2, -0.15) is 0 Å². The van der Waals surface area contributed by atoms with Crippen LogP contribution in [0.25, 0.3) is 10.9 Å². The number of carbonyl (C=O) groups excluding carboxylic acids is 1. The van der Waals surface area contributed by atoms with Gasteiger partial charge in [-0.1, -0.05) is 18.2 Å². The third kappa shape index (κ3) is 3.00. The van der Waals surface area contributed by atoms with E-state index in [1.165, 1.54) is 0 Å². The number of fused-ring (bicyclic) bond motifs is 1. The van der Waals surface area contributed by atoms with Gasteiger partial charge in [0.2, 0.25) is 0 Å². The van der Waals surface area contributed by atoms with Crippen molar-refractivity contribution in [2.75, 3.05) is 13.1 Å². The number of aromatic amines is 1. The fourth-order valence-corrected chi connectivity index (χ4v) is 2.12. The third-order valence-corrected chi connectivity index (χ3v) is 2.97. The number of hydrogen-bond donors (Lipinski definition) is 3. The van der Waals surface area contributed by atoms with Crippen molar-refractivity contribution in [3.8, 4) is 0 Å². The van der Waals surface area contributed by atoms with E-state index in [-0.39, 0.29) is 18.7 Å². The number of rotatable bonds is 6. The molecular formula is C14H16N2O3. The van der Waals surface area contributed by atoms with Crippen LogP contribution in [0.3, 0.4) is 0 Å². The first-order chi connectivity index (χ1) is 9.09. The van der Waals surface area contributed by atoms with E-state index in [0.29, 0.717) is 12.1 Å². The lowest BCUT2D eigenvalue weighted by Crippen LogP contribution is -2.25.